The monoisotopic (exact) mass is 484 g/mol. The van der Waals surface area contributed by atoms with Crippen molar-refractivity contribution in [3.05, 3.63) is 100 Å². The van der Waals surface area contributed by atoms with Crippen molar-refractivity contribution >= 4 is 34.1 Å². The lowest BCUT2D eigenvalue weighted by atomic mass is 10.1. The van der Waals surface area contributed by atoms with Crippen LogP contribution in [-0.4, -0.2) is 21.6 Å². The summed E-state index contributed by atoms with van der Waals surface area (Å²) < 4.78 is 56.1. The number of nitrogens with one attached hydrogen (secondary N) is 2. The molecule has 4 aromatic rings. The Labute approximate surface area is 195 Å². The molecule has 178 valence electrons. The Morgan fingerprint density at radius 3 is 2.40 bits per heavy atom. The van der Waals surface area contributed by atoms with Crippen LogP contribution in [0.1, 0.15) is 15.9 Å². The minimum Gasteiger partial charge on any atom is -0.324 e. The van der Waals surface area contributed by atoms with Crippen LogP contribution in [0.15, 0.2) is 77.7 Å². The number of amides is 2. The summed E-state index contributed by atoms with van der Waals surface area (Å²) in [6, 6.07) is 14.2. The number of hydrogen-bond donors (Lipinski definition) is 2. The Kier molecular flexibility index (Phi) is 6.32. The van der Waals surface area contributed by atoms with E-state index < -0.39 is 41.6 Å². The lowest BCUT2D eigenvalue weighted by Crippen LogP contribution is -2.24. The number of hydrogen-bond acceptors (Lipinski definition) is 4. The summed E-state index contributed by atoms with van der Waals surface area (Å²) in [6.07, 6.45) is -3.85. The molecule has 2 N–H and O–H groups in total. The molecule has 1 heterocycles. The van der Waals surface area contributed by atoms with E-state index in [1.807, 2.05) is 0 Å². The Morgan fingerprint density at radius 2 is 1.66 bits per heavy atom. The molecular formula is C24H16F4N4O3. The van der Waals surface area contributed by atoms with Crippen molar-refractivity contribution in [2.75, 3.05) is 10.6 Å². The SMILES string of the molecule is O=C(Cn1ncc(=O)c2ccccc21)Nc1ccc(NC(=O)c2ccccc2F)cc1C(F)(F)F. The Morgan fingerprint density at radius 1 is 0.943 bits per heavy atom. The summed E-state index contributed by atoms with van der Waals surface area (Å²) in [5, 5.41) is 8.61. The highest BCUT2D eigenvalue weighted by molar-refractivity contribution is 6.04. The zero-order valence-electron chi connectivity index (χ0n) is 17.8. The highest BCUT2D eigenvalue weighted by Gasteiger charge is 2.34. The van der Waals surface area contributed by atoms with E-state index in [2.05, 4.69) is 15.7 Å². The second-order valence-corrected chi connectivity index (χ2v) is 7.42. The Hall–Kier alpha value is -4.54. The van der Waals surface area contributed by atoms with Crippen LogP contribution in [0.5, 0.6) is 0 Å². The van der Waals surface area contributed by atoms with Gasteiger partial charge in [-0.2, -0.15) is 18.3 Å². The lowest BCUT2D eigenvalue weighted by molar-refractivity contribution is -0.136. The van der Waals surface area contributed by atoms with Gasteiger partial charge < -0.3 is 10.6 Å². The molecular weight excluding hydrogens is 468 g/mol. The van der Waals surface area contributed by atoms with Crippen molar-refractivity contribution in [2.24, 2.45) is 0 Å². The number of anilines is 2. The molecule has 0 atom stereocenters. The number of rotatable bonds is 5. The topological polar surface area (TPSA) is 93.1 Å². The number of carbonyl (C=O) groups excluding carboxylic acids is 2. The molecule has 4 rings (SSSR count). The zero-order chi connectivity index (χ0) is 25.2. The van der Waals surface area contributed by atoms with E-state index in [-0.39, 0.29) is 16.7 Å². The fraction of sp³-hybridized carbons (Fsp3) is 0.0833. The second kappa shape index (κ2) is 9.37. The third-order valence-electron chi connectivity index (χ3n) is 5.03. The summed E-state index contributed by atoms with van der Waals surface area (Å²) >= 11 is 0. The summed E-state index contributed by atoms with van der Waals surface area (Å²) in [5.41, 5.74) is -2.34. The fourth-order valence-corrected chi connectivity index (χ4v) is 3.42. The molecule has 0 aliphatic heterocycles. The van der Waals surface area contributed by atoms with E-state index in [4.69, 9.17) is 0 Å². The van der Waals surface area contributed by atoms with Gasteiger partial charge in [-0.05, 0) is 42.5 Å². The minimum absolute atomic E-state index is 0.239. The summed E-state index contributed by atoms with van der Waals surface area (Å²) in [4.78, 5) is 36.7. The number of alkyl halides is 3. The van der Waals surface area contributed by atoms with Crippen LogP contribution in [0.3, 0.4) is 0 Å². The van der Waals surface area contributed by atoms with Crippen molar-refractivity contribution in [1.29, 1.82) is 0 Å². The first kappa shape index (κ1) is 23.6. The van der Waals surface area contributed by atoms with Gasteiger partial charge in [0.15, 0.2) is 0 Å². The molecule has 11 heteroatoms. The van der Waals surface area contributed by atoms with Crippen LogP contribution < -0.4 is 16.1 Å². The van der Waals surface area contributed by atoms with Gasteiger partial charge in [0.25, 0.3) is 5.91 Å². The first-order valence-corrected chi connectivity index (χ1v) is 10.2. The van der Waals surface area contributed by atoms with Crippen LogP contribution >= 0.6 is 0 Å². The standard InChI is InChI=1S/C24H16F4N4O3/c25-18-7-3-1-5-15(18)23(35)30-14-9-10-19(17(11-14)24(26,27)28)31-22(34)13-32-20-8-4-2-6-16(20)21(33)12-29-32/h1-12H,13H2,(H,30,35)(H,31,34). The van der Waals surface area contributed by atoms with Gasteiger partial charge in [0, 0.05) is 11.1 Å². The van der Waals surface area contributed by atoms with Crippen LogP contribution in [-0.2, 0) is 17.5 Å². The molecule has 0 unspecified atom stereocenters. The molecule has 0 radical (unpaired) electrons. The first-order chi connectivity index (χ1) is 16.6. The molecule has 0 saturated carbocycles. The van der Waals surface area contributed by atoms with E-state index in [0.29, 0.717) is 17.0 Å². The maximum Gasteiger partial charge on any atom is 0.418 e. The van der Waals surface area contributed by atoms with E-state index in [9.17, 15) is 31.9 Å². The maximum atomic E-state index is 13.8. The molecule has 0 saturated heterocycles. The third kappa shape index (κ3) is 5.18. The Balaban J connectivity index is 1.58. The van der Waals surface area contributed by atoms with Gasteiger partial charge in [-0.15, -0.1) is 0 Å². The van der Waals surface area contributed by atoms with E-state index in [1.165, 1.54) is 22.9 Å². The minimum atomic E-state index is -4.87. The van der Waals surface area contributed by atoms with Gasteiger partial charge >= 0.3 is 6.18 Å². The van der Waals surface area contributed by atoms with Crippen LogP contribution in [0.25, 0.3) is 10.9 Å². The predicted octanol–water partition coefficient (Wildman–Crippen LogP) is 4.45. The lowest BCUT2D eigenvalue weighted by Gasteiger charge is -2.16. The van der Waals surface area contributed by atoms with Gasteiger partial charge in [-0.3, -0.25) is 19.1 Å². The number of aromatic nitrogens is 2. The molecule has 0 fully saturated rings. The van der Waals surface area contributed by atoms with Gasteiger partial charge in [0.05, 0.1) is 28.5 Å². The van der Waals surface area contributed by atoms with Gasteiger partial charge in [0.2, 0.25) is 11.3 Å². The number of fused-ring (bicyclic) bond motifs is 1. The van der Waals surface area contributed by atoms with Crippen molar-refractivity contribution in [1.82, 2.24) is 9.78 Å². The smallest absolute Gasteiger partial charge is 0.324 e. The number of nitrogens with zero attached hydrogens (tertiary/aromatic N) is 2. The molecule has 3 aromatic carbocycles. The van der Waals surface area contributed by atoms with E-state index >= 15 is 0 Å². The van der Waals surface area contributed by atoms with Crippen LogP contribution in [0, 0.1) is 5.82 Å². The molecule has 0 bridgehead atoms. The van der Waals surface area contributed by atoms with Gasteiger partial charge in [-0.1, -0.05) is 24.3 Å². The normalized spacial score (nSPS) is 11.3. The molecule has 35 heavy (non-hydrogen) atoms. The number of halogens is 4. The highest BCUT2D eigenvalue weighted by Crippen LogP contribution is 2.36. The third-order valence-corrected chi connectivity index (χ3v) is 5.03. The molecule has 1 aromatic heterocycles. The summed E-state index contributed by atoms with van der Waals surface area (Å²) in [7, 11) is 0. The predicted molar refractivity (Wildman–Crippen MR) is 120 cm³/mol. The maximum absolute atomic E-state index is 13.8. The van der Waals surface area contributed by atoms with Crippen molar-refractivity contribution in [2.45, 2.75) is 12.7 Å². The van der Waals surface area contributed by atoms with Crippen molar-refractivity contribution in [3.63, 3.8) is 0 Å². The van der Waals surface area contributed by atoms with Crippen molar-refractivity contribution in [3.8, 4) is 0 Å². The Bertz CT molecular complexity index is 1500. The molecule has 2 amide bonds. The molecule has 7 nitrogen and oxygen atoms in total. The molecule has 0 aliphatic rings. The van der Waals surface area contributed by atoms with Gasteiger partial charge in [0.1, 0.15) is 12.4 Å². The number of carbonyl (C=O) groups is 2. The van der Waals surface area contributed by atoms with E-state index in [0.717, 1.165) is 24.4 Å². The van der Waals surface area contributed by atoms with Crippen LogP contribution in [0.4, 0.5) is 28.9 Å². The fourth-order valence-electron chi connectivity index (χ4n) is 3.42. The quantitative estimate of drug-likeness (QED) is 0.410. The average Bonchev–Trinajstić information content (AvgIpc) is 2.81. The van der Waals surface area contributed by atoms with E-state index in [1.54, 1.807) is 24.3 Å². The first-order valence-electron chi connectivity index (χ1n) is 10.2. The van der Waals surface area contributed by atoms with Crippen molar-refractivity contribution < 1.29 is 27.2 Å². The average molecular weight is 484 g/mol. The molecule has 0 spiro atoms. The van der Waals surface area contributed by atoms with Gasteiger partial charge in [-0.25, -0.2) is 4.39 Å². The summed E-state index contributed by atoms with van der Waals surface area (Å²) in [5.74, 6) is -2.57. The number of benzene rings is 3. The summed E-state index contributed by atoms with van der Waals surface area (Å²) in [6.45, 7) is -0.455. The zero-order valence-corrected chi connectivity index (χ0v) is 17.8. The molecule has 0 aliphatic carbocycles. The second-order valence-electron chi connectivity index (χ2n) is 7.42. The highest BCUT2D eigenvalue weighted by atomic mass is 19.4. The number of para-hydroxylation sites is 1. The largest absolute Gasteiger partial charge is 0.418 e. The van der Waals surface area contributed by atoms with Crippen LogP contribution in [0.2, 0.25) is 0 Å².